The molecule has 1 fully saturated rings. The first-order valence-electron chi connectivity index (χ1n) is 8.09. The predicted molar refractivity (Wildman–Crippen MR) is 83.7 cm³/mol. The molecule has 1 N–H and O–H groups in total. The van der Waals surface area contributed by atoms with E-state index in [1.165, 1.54) is 31.2 Å². The highest BCUT2D eigenvalue weighted by atomic mass is 16.3. The van der Waals surface area contributed by atoms with Crippen LogP contribution in [0.15, 0.2) is 10.5 Å². The van der Waals surface area contributed by atoms with Gasteiger partial charge in [0, 0.05) is 18.2 Å². The second-order valence-corrected chi connectivity index (χ2v) is 6.42. The molecule has 0 aliphatic heterocycles. The van der Waals surface area contributed by atoms with Gasteiger partial charge in [0.1, 0.15) is 11.5 Å². The minimum absolute atomic E-state index is 0.741. The Hall–Kier alpha value is -0.800. The van der Waals surface area contributed by atoms with Gasteiger partial charge in [0.05, 0.1) is 6.54 Å². The molecular formula is C17H30N2O. The Balaban J connectivity index is 1.93. The van der Waals surface area contributed by atoms with Crippen LogP contribution in [0, 0.1) is 12.8 Å². The van der Waals surface area contributed by atoms with Gasteiger partial charge in [0.25, 0.3) is 0 Å². The van der Waals surface area contributed by atoms with Crippen LogP contribution < -0.4 is 5.32 Å². The molecule has 2 unspecified atom stereocenters. The Kier molecular flexibility index (Phi) is 5.67. The van der Waals surface area contributed by atoms with Gasteiger partial charge in [-0.15, -0.1) is 0 Å². The molecule has 20 heavy (non-hydrogen) atoms. The summed E-state index contributed by atoms with van der Waals surface area (Å²) in [6, 6.07) is 2.96. The van der Waals surface area contributed by atoms with Crippen molar-refractivity contribution in [3.8, 4) is 0 Å². The lowest BCUT2D eigenvalue weighted by Gasteiger charge is -2.34. The van der Waals surface area contributed by atoms with Crippen molar-refractivity contribution in [2.75, 3.05) is 13.6 Å². The highest BCUT2D eigenvalue weighted by Crippen LogP contribution is 2.28. The van der Waals surface area contributed by atoms with Crippen LogP contribution in [0.5, 0.6) is 0 Å². The maximum atomic E-state index is 5.84. The molecule has 1 aromatic rings. The van der Waals surface area contributed by atoms with Gasteiger partial charge >= 0.3 is 0 Å². The number of furan rings is 1. The molecule has 0 aromatic carbocycles. The van der Waals surface area contributed by atoms with Gasteiger partial charge < -0.3 is 9.73 Å². The van der Waals surface area contributed by atoms with Crippen LogP contribution in [0.1, 0.15) is 56.6 Å². The van der Waals surface area contributed by atoms with Crippen molar-refractivity contribution in [2.24, 2.45) is 5.92 Å². The van der Waals surface area contributed by atoms with Crippen LogP contribution in [0.3, 0.4) is 0 Å². The van der Waals surface area contributed by atoms with Crippen molar-refractivity contribution in [2.45, 2.75) is 65.6 Å². The van der Waals surface area contributed by atoms with E-state index in [-0.39, 0.29) is 0 Å². The summed E-state index contributed by atoms with van der Waals surface area (Å²) in [4.78, 5) is 2.52. The second-order valence-electron chi connectivity index (χ2n) is 6.42. The molecule has 0 radical (unpaired) electrons. The number of nitrogens with zero attached hydrogens (tertiary/aromatic N) is 1. The molecule has 0 bridgehead atoms. The van der Waals surface area contributed by atoms with Crippen LogP contribution in [-0.2, 0) is 13.1 Å². The lowest BCUT2D eigenvalue weighted by Crippen LogP contribution is -2.35. The van der Waals surface area contributed by atoms with Crippen LogP contribution >= 0.6 is 0 Å². The van der Waals surface area contributed by atoms with Gasteiger partial charge in [-0.1, -0.05) is 26.7 Å². The third-order valence-corrected chi connectivity index (χ3v) is 4.57. The predicted octanol–water partition coefficient (Wildman–Crippen LogP) is 3.71. The van der Waals surface area contributed by atoms with Crippen molar-refractivity contribution in [3.05, 3.63) is 23.2 Å². The van der Waals surface area contributed by atoms with Crippen LogP contribution in [0.25, 0.3) is 0 Å². The molecule has 2 atom stereocenters. The Morgan fingerprint density at radius 3 is 2.90 bits per heavy atom. The van der Waals surface area contributed by atoms with Crippen molar-refractivity contribution < 1.29 is 4.42 Å². The Morgan fingerprint density at radius 2 is 2.20 bits per heavy atom. The molecule has 0 spiro atoms. The van der Waals surface area contributed by atoms with Gasteiger partial charge in [0.2, 0.25) is 0 Å². The number of rotatable bonds is 6. The van der Waals surface area contributed by atoms with Gasteiger partial charge in [-0.05, 0) is 45.3 Å². The van der Waals surface area contributed by atoms with E-state index < -0.39 is 0 Å². The third kappa shape index (κ3) is 4.10. The van der Waals surface area contributed by atoms with E-state index in [1.54, 1.807) is 0 Å². The molecule has 1 aromatic heterocycles. The van der Waals surface area contributed by atoms with E-state index in [0.717, 1.165) is 43.1 Å². The number of aryl methyl sites for hydroxylation is 1. The fraction of sp³-hybridized carbons (Fsp3) is 0.765. The summed E-state index contributed by atoms with van der Waals surface area (Å²) in [5, 5.41) is 3.32. The monoisotopic (exact) mass is 278 g/mol. The minimum atomic E-state index is 0.741. The zero-order valence-electron chi connectivity index (χ0n) is 13.5. The lowest BCUT2D eigenvalue weighted by molar-refractivity contribution is 0.157. The first kappa shape index (κ1) is 15.6. The first-order chi connectivity index (χ1) is 9.60. The normalized spacial score (nSPS) is 23.4. The fourth-order valence-electron chi connectivity index (χ4n) is 3.28. The van der Waals surface area contributed by atoms with Crippen LogP contribution in [0.4, 0.5) is 0 Å². The number of hydrogen-bond donors (Lipinski definition) is 1. The summed E-state index contributed by atoms with van der Waals surface area (Å²) in [5.74, 6) is 3.02. The maximum absolute atomic E-state index is 5.84. The summed E-state index contributed by atoms with van der Waals surface area (Å²) in [6.07, 6.45) is 5.48. The van der Waals surface area contributed by atoms with Gasteiger partial charge in [-0.3, -0.25) is 4.90 Å². The van der Waals surface area contributed by atoms with E-state index in [0.29, 0.717) is 0 Å². The summed E-state index contributed by atoms with van der Waals surface area (Å²) in [5.41, 5.74) is 1.35. The van der Waals surface area contributed by atoms with Crippen LogP contribution in [-0.4, -0.2) is 24.5 Å². The topological polar surface area (TPSA) is 28.4 Å². The molecular weight excluding hydrogens is 248 g/mol. The largest absolute Gasteiger partial charge is 0.465 e. The van der Waals surface area contributed by atoms with E-state index in [2.05, 4.69) is 44.1 Å². The molecule has 3 nitrogen and oxygen atoms in total. The molecule has 0 saturated heterocycles. The third-order valence-electron chi connectivity index (χ3n) is 4.57. The molecule has 1 aliphatic rings. The average Bonchev–Trinajstić information content (AvgIpc) is 2.77. The molecule has 2 rings (SSSR count). The molecule has 3 heteroatoms. The number of hydrogen-bond acceptors (Lipinski definition) is 3. The van der Waals surface area contributed by atoms with E-state index in [9.17, 15) is 0 Å². The summed E-state index contributed by atoms with van der Waals surface area (Å²) < 4.78 is 5.84. The van der Waals surface area contributed by atoms with Crippen molar-refractivity contribution in [3.63, 3.8) is 0 Å². The zero-order chi connectivity index (χ0) is 14.5. The van der Waals surface area contributed by atoms with Crippen molar-refractivity contribution >= 4 is 0 Å². The summed E-state index contributed by atoms with van der Waals surface area (Å²) in [6.45, 7) is 9.42. The second kappa shape index (κ2) is 7.28. The van der Waals surface area contributed by atoms with E-state index in [4.69, 9.17) is 4.42 Å². The van der Waals surface area contributed by atoms with Crippen molar-refractivity contribution in [1.82, 2.24) is 10.2 Å². The maximum Gasteiger partial charge on any atom is 0.118 e. The Morgan fingerprint density at radius 1 is 1.40 bits per heavy atom. The van der Waals surface area contributed by atoms with E-state index in [1.807, 2.05) is 0 Å². The summed E-state index contributed by atoms with van der Waals surface area (Å²) >= 11 is 0. The van der Waals surface area contributed by atoms with E-state index >= 15 is 0 Å². The Labute approximate surface area is 123 Å². The Bertz CT molecular complexity index is 413. The summed E-state index contributed by atoms with van der Waals surface area (Å²) in [7, 11) is 2.26. The first-order valence-corrected chi connectivity index (χ1v) is 8.09. The molecule has 1 heterocycles. The lowest BCUT2D eigenvalue weighted by atomic mass is 9.86. The van der Waals surface area contributed by atoms with Gasteiger partial charge in [-0.25, -0.2) is 0 Å². The molecule has 1 saturated carbocycles. The smallest absolute Gasteiger partial charge is 0.118 e. The van der Waals surface area contributed by atoms with Gasteiger partial charge in [0.15, 0.2) is 0 Å². The molecule has 114 valence electrons. The fourth-order valence-corrected chi connectivity index (χ4v) is 3.28. The average molecular weight is 278 g/mol. The van der Waals surface area contributed by atoms with Crippen LogP contribution in [0.2, 0.25) is 0 Å². The minimum Gasteiger partial charge on any atom is -0.465 e. The van der Waals surface area contributed by atoms with Crippen molar-refractivity contribution in [1.29, 1.82) is 0 Å². The zero-order valence-corrected chi connectivity index (χ0v) is 13.5. The molecule has 1 aliphatic carbocycles. The quantitative estimate of drug-likeness (QED) is 0.860. The highest BCUT2D eigenvalue weighted by Gasteiger charge is 2.23. The van der Waals surface area contributed by atoms with Gasteiger partial charge in [-0.2, -0.15) is 0 Å². The molecule has 0 amide bonds. The SMILES string of the molecule is CCNCc1cc(CN(C)C2CCCC(C)C2)c(C)o1. The standard InChI is InChI=1S/C17H30N2O/c1-5-18-11-17-10-15(14(3)20-17)12-19(4)16-8-6-7-13(2)9-16/h10,13,16,18H,5-9,11-12H2,1-4H3. The number of nitrogens with one attached hydrogen (secondary N) is 1. The highest BCUT2D eigenvalue weighted by molar-refractivity contribution is 5.20.